The summed E-state index contributed by atoms with van der Waals surface area (Å²) < 4.78 is 0. The van der Waals surface area contributed by atoms with Crippen LogP contribution in [0.15, 0.2) is 10.2 Å². The molecule has 51 valence electrons. The van der Waals surface area contributed by atoms with Gasteiger partial charge in [-0.15, -0.1) is 0 Å². The summed E-state index contributed by atoms with van der Waals surface area (Å²) in [5.41, 5.74) is 4.11. The molecule has 0 bridgehead atoms. The second-order valence-corrected chi connectivity index (χ2v) is 2.35. The molecule has 9 heavy (non-hydrogen) atoms. The van der Waals surface area contributed by atoms with E-state index in [1.54, 1.807) is 13.8 Å². The van der Waals surface area contributed by atoms with Crippen LogP contribution in [-0.2, 0) is 0 Å². The van der Waals surface area contributed by atoms with Crippen molar-refractivity contribution in [1.82, 2.24) is 0 Å². The Morgan fingerprint density at radius 2 is 2.11 bits per heavy atom. The molecule has 0 aliphatic rings. The Morgan fingerprint density at radius 1 is 1.67 bits per heavy atom. The van der Waals surface area contributed by atoms with E-state index in [4.69, 9.17) is 0 Å². The molecular weight excluding hydrogens is 118 g/mol. The van der Waals surface area contributed by atoms with Crippen LogP contribution in [0, 0.1) is 6.92 Å². The van der Waals surface area contributed by atoms with E-state index in [-0.39, 0.29) is 0 Å². The van der Waals surface area contributed by atoms with Crippen LogP contribution in [0.4, 0.5) is 4.79 Å². The van der Waals surface area contributed by atoms with E-state index in [1.165, 1.54) is 0 Å². The van der Waals surface area contributed by atoms with Crippen LogP contribution in [0.5, 0.6) is 0 Å². The van der Waals surface area contributed by atoms with Crippen molar-refractivity contribution >= 4 is 6.03 Å². The van der Waals surface area contributed by atoms with Crippen LogP contribution in [0.1, 0.15) is 13.8 Å². The van der Waals surface area contributed by atoms with Gasteiger partial charge in [-0.3, -0.25) is 0 Å². The summed E-state index contributed by atoms with van der Waals surface area (Å²) in [6.45, 7) is 7.02. The predicted molar refractivity (Wildman–Crippen MR) is 33.9 cm³/mol. The van der Waals surface area contributed by atoms with Crippen LogP contribution < -0.4 is 5.73 Å². The Hall–Kier alpha value is -0.930. The minimum Gasteiger partial charge on any atom is -0.348 e. The second kappa shape index (κ2) is 2.57. The number of hydrogen-bond donors (Lipinski definition) is 1. The van der Waals surface area contributed by atoms with Crippen molar-refractivity contribution in [2.24, 2.45) is 16.0 Å². The van der Waals surface area contributed by atoms with Crippen LogP contribution in [-0.4, -0.2) is 11.6 Å². The quantitative estimate of drug-likeness (QED) is 0.528. The number of primary amides is 1. The minimum absolute atomic E-state index is 0.560. The summed E-state index contributed by atoms with van der Waals surface area (Å²) in [6.07, 6.45) is 0. The first-order valence-corrected chi connectivity index (χ1v) is 2.49. The Bertz CT molecular complexity index is 134. The average molecular weight is 128 g/mol. The molecule has 0 heterocycles. The van der Waals surface area contributed by atoms with Crippen molar-refractivity contribution < 1.29 is 4.79 Å². The van der Waals surface area contributed by atoms with E-state index in [0.717, 1.165) is 0 Å². The van der Waals surface area contributed by atoms with Gasteiger partial charge in [0.2, 0.25) is 0 Å². The third kappa shape index (κ3) is 7.07. The molecule has 0 rings (SSSR count). The largest absolute Gasteiger partial charge is 0.356 e. The molecule has 0 aliphatic carbocycles. The Balaban J connectivity index is 3.86. The predicted octanol–water partition coefficient (Wildman–Crippen LogP) is 1.13. The lowest BCUT2D eigenvalue weighted by atomic mass is 10.1. The zero-order valence-electron chi connectivity index (χ0n) is 5.59. The molecule has 0 spiro atoms. The van der Waals surface area contributed by atoms with Gasteiger partial charge in [0, 0.05) is 0 Å². The summed E-state index contributed by atoms with van der Waals surface area (Å²) in [5, 5.41) is 6.59. The van der Waals surface area contributed by atoms with Crippen molar-refractivity contribution in [2.75, 3.05) is 0 Å². The number of carbonyl (C=O) groups excluding carboxylic acids is 1. The van der Waals surface area contributed by atoms with Crippen LogP contribution in [0.2, 0.25) is 0 Å². The van der Waals surface area contributed by atoms with Crippen molar-refractivity contribution in [3.05, 3.63) is 6.92 Å². The molecular formula is C5H10N3O. The topological polar surface area (TPSA) is 67.8 Å². The van der Waals surface area contributed by atoms with Gasteiger partial charge in [0.15, 0.2) is 0 Å². The normalized spacial score (nSPS) is 12.3. The number of hydrogen-bond acceptors (Lipinski definition) is 2. The molecule has 2 amide bonds. The highest BCUT2D eigenvalue weighted by Gasteiger charge is 2.06. The summed E-state index contributed by atoms with van der Waals surface area (Å²) in [6, 6.07) is -0.785. The minimum atomic E-state index is -0.785. The summed E-state index contributed by atoms with van der Waals surface area (Å²) in [7, 11) is 0. The molecule has 4 heteroatoms. The van der Waals surface area contributed by atoms with E-state index in [2.05, 4.69) is 22.9 Å². The maximum atomic E-state index is 9.98. The zero-order chi connectivity index (χ0) is 7.49. The summed E-state index contributed by atoms with van der Waals surface area (Å²) in [5.74, 6) is 0. The molecule has 0 aromatic heterocycles. The van der Waals surface area contributed by atoms with Gasteiger partial charge in [0.05, 0.1) is 5.54 Å². The van der Waals surface area contributed by atoms with Crippen molar-refractivity contribution in [3.63, 3.8) is 0 Å². The fraction of sp³-hybridized carbons (Fsp3) is 0.600. The van der Waals surface area contributed by atoms with Crippen LogP contribution in [0.25, 0.3) is 0 Å². The van der Waals surface area contributed by atoms with E-state index in [0.29, 0.717) is 0 Å². The maximum absolute atomic E-state index is 9.98. The first kappa shape index (κ1) is 8.07. The number of nitrogens with two attached hydrogens (primary N) is 1. The molecule has 0 atom stereocenters. The molecule has 0 saturated carbocycles. The molecule has 1 radical (unpaired) electrons. The highest BCUT2D eigenvalue weighted by molar-refractivity contribution is 5.71. The van der Waals surface area contributed by atoms with Gasteiger partial charge in [-0.25, -0.2) is 4.79 Å². The van der Waals surface area contributed by atoms with Crippen molar-refractivity contribution in [2.45, 2.75) is 19.4 Å². The lowest BCUT2D eigenvalue weighted by Crippen LogP contribution is -2.11. The third-order valence-corrected chi connectivity index (χ3v) is 0.419. The van der Waals surface area contributed by atoms with E-state index in [9.17, 15) is 4.79 Å². The number of amides is 2. The number of nitrogens with zero attached hydrogens (tertiary/aromatic N) is 2. The highest BCUT2D eigenvalue weighted by atomic mass is 16.2. The van der Waals surface area contributed by atoms with Gasteiger partial charge in [0.25, 0.3) is 0 Å². The molecule has 0 saturated heterocycles. The monoisotopic (exact) mass is 128 g/mol. The van der Waals surface area contributed by atoms with Gasteiger partial charge < -0.3 is 5.73 Å². The van der Waals surface area contributed by atoms with Crippen molar-refractivity contribution in [3.8, 4) is 0 Å². The van der Waals surface area contributed by atoms with E-state index >= 15 is 0 Å². The van der Waals surface area contributed by atoms with Gasteiger partial charge in [-0.1, -0.05) is 5.11 Å². The standard InChI is InChI=1S/C5H10N3O/c1-5(2,3)8-7-4(6)9/h1H2,2-3H3,(H2,6,9). The molecule has 0 fully saturated rings. The Morgan fingerprint density at radius 3 is 2.22 bits per heavy atom. The number of carbonyl (C=O) groups is 1. The first-order valence-electron chi connectivity index (χ1n) is 2.49. The molecule has 2 N–H and O–H groups in total. The number of rotatable bonds is 1. The highest BCUT2D eigenvalue weighted by Crippen LogP contribution is 2.05. The zero-order valence-corrected chi connectivity index (χ0v) is 5.59. The maximum Gasteiger partial charge on any atom is 0.356 e. The fourth-order valence-electron chi connectivity index (χ4n) is 0.185. The van der Waals surface area contributed by atoms with Crippen LogP contribution >= 0.6 is 0 Å². The first-order chi connectivity index (χ1) is 3.92. The van der Waals surface area contributed by atoms with Gasteiger partial charge in [0.1, 0.15) is 0 Å². The molecule has 0 aromatic rings. The lowest BCUT2D eigenvalue weighted by molar-refractivity contribution is 0.254. The fourth-order valence-corrected chi connectivity index (χ4v) is 0.185. The van der Waals surface area contributed by atoms with E-state index in [1.807, 2.05) is 0 Å². The van der Waals surface area contributed by atoms with Crippen molar-refractivity contribution in [1.29, 1.82) is 0 Å². The van der Waals surface area contributed by atoms with Gasteiger partial charge in [-0.2, -0.15) is 5.11 Å². The number of azo groups is 1. The smallest absolute Gasteiger partial charge is 0.348 e. The lowest BCUT2D eigenvalue weighted by Gasteiger charge is -2.06. The molecule has 0 aromatic carbocycles. The van der Waals surface area contributed by atoms with Gasteiger partial charge >= 0.3 is 6.03 Å². The summed E-state index contributed by atoms with van der Waals surface area (Å²) >= 11 is 0. The molecule has 0 unspecified atom stereocenters. The van der Waals surface area contributed by atoms with E-state index < -0.39 is 11.6 Å². The Kier molecular flexibility index (Phi) is 2.30. The average Bonchev–Trinajstić information content (AvgIpc) is 1.59. The Labute approximate surface area is 54.1 Å². The molecule has 4 nitrogen and oxygen atoms in total. The molecule has 0 aliphatic heterocycles. The second-order valence-electron chi connectivity index (χ2n) is 2.35. The third-order valence-electron chi connectivity index (χ3n) is 0.419. The number of urea groups is 1. The van der Waals surface area contributed by atoms with Crippen LogP contribution in [0.3, 0.4) is 0 Å². The summed E-state index contributed by atoms with van der Waals surface area (Å²) in [4.78, 5) is 9.98. The van der Waals surface area contributed by atoms with Gasteiger partial charge in [-0.05, 0) is 20.8 Å². The SMILES string of the molecule is [CH2]C(C)(C)N=NC(N)=O.